The van der Waals surface area contributed by atoms with Gasteiger partial charge in [0.15, 0.2) is 0 Å². The van der Waals surface area contributed by atoms with Crippen LogP contribution in [-0.4, -0.2) is 38.4 Å². The highest BCUT2D eigenvalue weighted by Gasteiger charge is 2.36. The largest absolute Gasteiger partial charge is 0.341 e. The summed E-state index contributed by atoms with van der Waals surface area (Å²) in [6.45, 7) is 2.53. The standard InChI is InChI=1S/C16H20ClFN2O3S/c1-10-7-15(13(17)8-14(10)18)24(22,23)19-12-3-2-6-20(9-12)16(21)11-4-5-11/h7-8,11-12,19H,2-6,9H2,1H3. The van der Waals surface area contributed by atoms with Crippen LogP contribution in [0.4, 0.5) is 4.39 Å². The first-order chi connectivity index (χ1) is 11.3. The van der Waals surface area contributed by atoms with Crippen molar-refractivity contribution in [3.63, 3.8) is 0 Å². The Labute approximate surface area is 146 Å². The molecule has 2 fully saturated rings. The molecule has 132 valence electrons. The second-order valence-corrected chi connectivity index (χ2v) is 8.64. The molecule has 8 heteroatoms. The number of sulfonamides is 1. The van der Waals surface area contributed by atoms with E-state index in [9.17, 15) is 17.6 Å². The van der Waals surface area contributed by atoms with Crippen LogP contribution in [0.25, 0.3) is 0 Å². The highest BCUT2D eigenvalue weighted by molar-refractivity contribution is 7.89. The van der Waals surface area contributed by atoms with Crippen molar-refractivity contribution in [2.24, 2.45) is 5.92 Å². The predicted octanol–water partition coefficient (Wildman–Crippen LogP) is 2.47. The summed E-state index contributed by atoms with van der Waals surface area (Å²) < 4.78 is 41.3. The Morgan fingerprint density at radius 2 is 2.04 bits per heavy atom. The first kappa shape index (κ1) is 17.6. The molecule has 1 aliphatic heterocycles. The van der Waals surface area contributed by atoms with E-state index in [0.29, 0.717) is 19.5 Å². The van der Waals surface area contributed by atoms with Gasteiger partial charge < -0.3 is 4.90 Å². The van der Waals surface area contributed by atoms with E-state index in [4.69, 9.17) is 11.6 Å². The second-order valence-electron chi connectivity index (χ2n) is 6.55. The number of hydrogen-bond acceptors (Lipinski definition) is 3. The van der Waals surface area contributed by atoms with E-state index < -0.39 is 15.8 Å². The van der Waals surface area contributed by atoms with Crippen LogP contribution < -0.4 is 4.72 Å². The topological polar surface area (TPSA) is 66.5 Å². The number of carbonyl (C=O) groups excluding carboxylic acids is 1. The number of benzene rings is 1. The number of carbonyl (C=O) groups is 1. The van der Waals surface area contributed by atoms with Crippen molar-refractivity contribution >= 4 is 27.5 Å². The van der Waals surface area contributed by atoms with Crippen LogP contribution in [0.5, 0.6) is 0 Å². The Bertz CT molecular complexity index is 765. The van der Waals surface area contributed by atoms with Gasteiger partial charge in [-0.15, -0.1) is 0 Å². The summed E-state index contributed by atoms with van der Waals surface area (Å²) in [5.41, 5.74) is 0.217. The quantitative estimate of drug-likeness (QED) is 0.880. The number of halogens is 2. The summed E-state index contributed by atoms with van der Waals surface area (Å²) in [4.78, 5) is 13.8. The fourth-order valence-electron chi connectivity index (χ4n) is 2.98. The number of hydrogen-bond donors (Lipinski definition) is 1. The molecule has 0 spiro atoms. The van der Waals surface area contributed by atoms with Crippen LogP contribution in [-0.2, 0) is 14.8 Å². The number of rotatable bonds is 4. The molecule has 1 N–H and O–H groups in total. The molecule has 1 amide bonds. The lowest BCUT2D eigenvalue weighted by Crippen LogP contribution is -2.50. The van der Waals surface area contributed by atoms with E-state index in [2.05, 4.69) is 4.72 Å². The van der Waals surface area contributed by atoms with Crippen molar-refractivity contribution in [3.05, 3.63) is 28.5 Å². The maximum Gasteiger partial charge on any atom is 0.242 e. The van der Waals surface area contributed by atoms with Crippen molar-refractivity contribution in [3.8, 4) is 0 Å². The molecule has 1 atom stereocenters. The van der Waals surface area contributed by atoms with Crippen molar-refractivity contribution in [2.75, 3.05) is 13.1 Å². The van der Waals surface area contributed by atoms with Gasteiger partial charge in [-0.3, -0.25) is 4.79 Å². The van der Waals surface area contributed by atoms with E-state index in [1.54, 1.807) is 4.90 Å². The molecule has 5 nitrogen and oxygen atoms in total. The first-order valence-electron chi connectivity index (χ1n) is 8.04. The molecular weight excluding hydrogens is 355 g/mol. The van der Waals surface area contributed by atoms with Gasteiger partial charge in [-0.25, -0.2) is 17.5 Å². The summed E-state index contributed by atoms with van der Waals surface area (Å²) in [7, 11) is -3.87. The van der Waals surface area contributed by atoms with Crippen molar-refractivity contribution < 1.29 is 17.6 Å². The first-order valence-corrected chi connectivity index (χ1v) is 9.91. The minimum atomic E-state index is -3.87. The van der Waals surface area contributed by atoms with Gasteiger partial charge in [-0.1, -0.05) is 11.6 Å². The highest BCUT2D eigenvalue weighted by Crippen LogP contribution is 2.32. The molecule has 0 bridgehead atoms. The van der Waals surface area contributed by atoms with E-state index >= 15 is 0 Å². The Kier molecular flexibility index (Phi) is 4.86. The average Bonchev–Trinajstić information content (AvgIpc) is 3.34. The van der Waals surface area contributed by atoms with Crippen molar-refractivity contribution in [1.82, 2.24) is 9.62 Å². The van der Waals surface area contributed by atoms with E-state index in [1.165, 1.54) is 13.0 Å². The third-order valence-electron chi connectivity index (χ3n) is 4.48. The van der Waals surface area contributed by atoms with Gasteiger partial charge >= 0.3 is 0 Å². The Morgan fingerprint density at radius 3 is 2.71 bits per heavy atom. The zero-order valence-corrected chi connectivity index (χ0v) is 15.0. The van der Waals surface area contributed by atoms with Crippen LogP contribution >= 0.6 is 11.6 Å². The second kappa shape index (κ2) is 6.61. The number of aryl methyl sites for hydroxylation is 1. The number of nitrogens with zero attached hydrogens (tertiary/aromatic N) is 1. The zero-order valence-electron chi connectivity index (χ0n) is 13.4. The smallest absolute Gasteiger partial charge is 0.242 e. The summed E-state index contributed by atoms with van der Waals surface area (Å²) >= 11 is 5.91. The van der Waals surface area contributed by atoms with Crippen molar-refractivity contribution in [2.45, 2.75) is 43.5 Å². The van der Waals surface area contributed by atoms with Gasteiger partial charge in [-0.05, 0) is 50.3 Å². The number of amides is 1. The monoisotopic (exact) mass is 374 g/mol. The molecule has 1 saturated heterocycles. The molecule has 1 aromatic rings. The van der Waals surface area contributed by atoms with Gasteiger partial charge in [0, 0.05) is 25.0 Å². The fourth-order valence-corrected chi connectivity index (χ4v) is 4.84. The summed E-state index contributed by atoms with van der Waals surface area (Å²) in [6.07, 6.45) is 3.26. The van der Waals surface area contributed by atoms with Crippen LogP contribution in [0.15, 0.2) is 17.0 Å². The molecule has 1 heterocycles. The molecule has 1 aliphatic carbocycles. The molecule has 0 aromatic heterocycles. The maximum absolute atomic E-state index is 13.5. The molecule has 0 radical (unpaired) electrons. The van der Waals surface area contributed by atoms with Gasteiger partial charge in [0.1, 0.15) is 10.7 Å². The molecule has 1 unspecified atom stereocenters. The molecule has 2 aliphatic rings. The molecule has 3 rings (SSSR count). The van der Waals surface area contributed by atoms with Crippen LogP contribution in [0.3, 0.4) is 0 Å². The Hall–Kier alpha value is -1.18. The van der Waals surface area contributed by atoms with Crippen molar-refractivity contribution in [1.29, 1.82) is 0 Å². The minimum absolute atomic E-state index is 0.120. The average molecular weight is 375 g/mol. The third kappa shape index (κ3) is 3.73. The number of likely N-dealkylation sites (tertiary alicyclic amines) is 1. The van der Waals surface area contributed by atoms with Gasteiger partial charge in [-0.2, -0.15) is 0 Å². The summed E-state index contributed by atoms with van der Waals surface area (Å²) in [5.74, 6) is -0.304. The predicted molar refractivity (Wildman–Crippen MR) is 88.8 cm³/mol. The van der Waals surface area contributed by atoms with Crippen LogP contribution in [0, 0.1) is 18.7 Å². The Morgan fingerprint density at radius 1 is 1.33 bits per heavy atom. The third-order valence-corrected chi connectivity index (χ3v) is 6.47. The lowest BCUT2D eigenvalue weighted by atomic mass is 10.1. The number of piperidine rings is 1. The van der Waals surface area contributed by atoms with Crippen LogP contribution in [0.2, 0.25) is 5.02 Å². The lowest BCUT2D eigenvalue weighted by Gasteiger charge is -2.33. The summed E-state index contributed by atoms with van der Waals surface area (Å²) in [5, 5.41) is -0.146. The zero-order chi connectivity index (χ0) is 17.5. The van der Waals surface area contributed by atoms with Gasteiger partial charge in [0.05, 0.1) is 5.02 Å². The number of nitrogens with one attached hydrogen (secondary N) is 1. The van der Waals surface area contributed by atoms with Gasteiger partial charge in [0.2, 0.25) is 15.9 Å². The molecule has 1 aromatic carbocycles. The van der Waals surface area contributed by atoms with E-state index in [1.807, 2.05) is 0 Å². The molecular formula is C16H20ClFN2O3S. The maximum atomic E-state index is 13.5. The van der Waals surface area contributed by atoms with Gasteiger partial charge in [0.25, 0.3) is 0 Å². The molecule has 24 heavy (non-hydrogen) atoms. The Balaban J connectivity index is 1.74. The van der Waals surface area contributed by atoms with Crippen LogP contribution in [0.1, 0.15) is 31.2 Å². The fraction of sp³-hybridized carbons (Fsp3) is 0.562. The SMILES string of the molecule is Cc1cc(S(=O)(=O)NC2CCCN(C(=O)C3CC3)C2)c(Cl)cc1F. The summed E-state index contributed by atoms with van der Waals surface area (Å²) in [6, 6.07) is 1.89. The lowest BCUT2D eigenvalue weighted by molar-refractivity contribution is -0.133. The van der Waals surface area contributed by atoms with E-state index in [-0.39, 0.29) is 33.3 Å². The van der Waals surface area contributed by atoms with E-state index in [0.717, 1.165) is 25.3 Å². The normalized spacial score (nSPS) is 21.8. The minimum Gasteiger partial charge on any atom is -0.341 e. The highest BCUT2D eigenvalue weighted by atomic mass is 35.5. The molecule has 1 saturated carbocycles.